The SMILES string of the molecule is Cc1ccccc1-c1nc(C(=O)N2CCCC(N3CCNCC3=O)C2)cs1. The van der Waals surface area contributed by atoms with Crippen molar-refractivity contribution in [2.24, 2.45) is 0 Å². The number of carbonyl (C=O) groups is 2. The maximum atomic E-state index is 13.0. The van der Waals surface area contributed by atoms with Crippen molar-refractivity contribution < 1.29 is 9.59 Å². The second kappa shape index (κ2) is 7.78. The maximum absolute atomic E-state index is 13.0. The molecule has 2 aliphatic heterocycles. The van der Waals surface area contributed by atoms with Crippen molar-refractivity contribution in [3.05, 3.63) is 40.9 Å². The van der Waals surface area contributed by atoms with E-state index in [-0.39, 0.29) is 17.9 Å². The van der Waals surface area contributed by atoms with Crippen LogP contribution in [0.1, 0.15) is 28.9 Å². The van der Waals surface area contributed by atoms with Gasteiger partial charge in [-0.3, -0.25) is 9.59 Å². The van der Waals surface area contributed by atoms with E-state index in [1.165, 1.54) is 11.3 Å². The molecule has 1 unspecified atom stereocenters. The van der Waals surface area contributed by atoms with Crippen molar-refractivity contribution in [3.8, 4) is 10.6 Å². The van der Waals surface area contributed by atoms with Crippen LogP contribution in [0.5, 0.6) is 0 Å². The zero-order valence-electron chi connectivity index (χ0n) is 15.5. The molecule has 7 heteroatoms. The smallest absolute Gasteiger partial charge is 0.273 e. The molecule has 2 fully saturated rings. The second-order valence-corrected chi connectivity index (χ2v) is 8.02. The summed E-state index contributed by atoms with van der Waals surface area (Å²) in [5.74, 6) is 0.106. The Bertz CT molecular complexity index is 850. The third kappa shape index (κ3) is 3.75. The molecular weight excluding hydrogens is 360 g/mol. The molecule has 0 bridgehead atoms. The first-order chi connectivity index (χ1) is 13.1. The Kier molecular flexibility index (Phi) is 5.22. The first kappa shape index (κ1) is 18.1. The number of piperazine rings is 1. The zero-order valence-corrected chi connectivity index (χ0v) is 16.3. The highest BCUT2D eigenvalue weighted by atomic mass is 32.1. The molecular formula is C20H24N4O2S. The molecule has 0 saturated carbocycles. The van der Waals surface area contributed by atoms with Crippen LogP contribution in [0.15, 0.2) is 29.6 Å². The molecule has 1 N–H and O–H groups in total. The molecule has 0 aliphatic carbocycles. The van der Waals surface area contributed by atoms with Gasteiger partial charge in [-0.05, 0) is 25.3 Å². The number of amides is 2. The lowest BCUT2D eigenvalue weighted by atomic mass is 10.0. The van der Waals surface area contributed by atoms with E-state index in [1.807, 2.05) is 33.4 Å². The molecule has 3 heterocycles. The van der Waals surface area contributed by atoms with Crippen molar-refractivity contribution in [2.75, 3.05) is 32.7 Å². The summed E-state index contributed by atoms with van der Waals surface area (Å²) in [6.07, 6.45) is 1.88. The van der Waals surface area contributed by atoms with Crippen LogP contribution >= 0.6 is 11.3 Å². The van der Waals surface area contributed by atoms with Crippen molar-refractivity contribution in [2.45, 2.75) is 25.8 Å². The molecule has 0 spiro atoms. The van der Waals surface area contributed by atoms with Gasteiger partial charge in [-0.1, -0.05) is 24.3 Å². The van der Waals surface area contributed by atoms with Gasteiger partial charge < -0.3 is 15.1 Å². The van der Waals surface area contributed by atoms with Gasteiger partial charge in [0, 0.05) is 43.2 Å². The van der Waals surface area contributed by atoms with Gasteiger partial charge in [-0.2, -0.15) is 0 Å². The second-order valence-electron chi connectivity index (χ2n) is 7.16. The Morgan fingerprint density at radius 1 is 1.30 bits per heavy atom. The van der Waals surface area contributed by atoms with E-state index in [1.54, 1.807) is 0 Å². The highest BCUT2D eigenvalue weighted by molar-refractivity contribution is 7.13. The van der Waals surface area contributed by atoms with Gasteiger partial charge in [0.25, 0.3) is 5.91 Å². The number of aromatic nitrogens is 1. The summed E-state index contributed by atoms with van der Waals surface area (Å²) in [7, 11) is 0. The van der Waals surface area contributed by atoms with E-state index in [4.69, 9.17) is 0 Å². The van der Waals surface area contributed by atoms with Crippen LogP contribution in [-0.4, -0.2) is 65.4 Å². The van der Waals surface area contributed by atoms with E-state index >= 15 is 0 Å². The van der Waals surface area contributed by atoms with E-state index in [0.717, 1.165) is 48.6 Å². The summed E-state index contributed by atoms with van der Waals surface area (Å²) in [5, 5.41) is 5.83. The molecule has 1 aromatic heterocycles. The van der Waals surface area contributed by atoms with Gasteiger partial charge in [0.1, 0.15) is 10.7 Å². The van der Waals surface area contributed by atoms with Crippen LogP contribution in [0.2, 0.25) is 0 Å². The number of benzene rings is 1. The molecule has 2 amide bonds. The van der Waals surface area contributed by atoms with Crippen LogP contribution in [0.3, 0.4) is 0 Å². The largest absolute Gasteiger partial charge is 0.336 e. The van der Waals surface area contributed by atoms with Crippen molar-refractivity contribution >= 4 is 23.2 Å². The lowest BCUT2D eigenvalue weighted by Gasteiger charge is -2.40. The van der Waals surface area contributed by atoms with Gasteiger partial charge in [-0.15, -0.1) is 11.3 Å². The highest BCUT2D eigenvalue weighted by Gasteiger charge is 2.32. The van der Waals surface area contributed by atoms with Gasteiger partial charge >= 0.3 is 0 Å². The number of rotatable bonds is 3. The number of thiazole rings is 1. The highest BCUT2D eigenvalue weighted by Crippen LogP contribution is 2.27. The Hall–Kier alpha value is -2.25. The van der Waals surface area contributed by atoms with E-state index in [0.29, 0.717) is 18.8 Å². The maximum Gasteiger partial charge on any atom is 0.273 e. The monoisotopic (exact) mass is 384 g/mol. The molecule has 2 saturated heterocycles. The molecule has 2 aromatic rings. The summed E-state index contributed by atoms with van der Waals surface area (Å²) in [6, 6.07) is 8.20. The normalized spacial score (nSPS) is 20.8. The molecule has 27 heavy (non-hydrogen) atoms. The summed E-state index contributed by atoms with van der Waals surface area (Å²) in [4.78, 5) is 33.6. The first-order valence-corrected chi connectivity index (χ1v) is 10.3. The van der Waals surface area contributed by atoms with Crippen LogP contribution in [0, 0.1) is 6.92 Å². The Labute approximate surface area is 163 Å². The molecule has 4 rings (SSSR count). The molecule has 142 valence electrons. The Morgan fingerprint density at radius 3 is 2.96 bits per heavy atom. The third-order valence-corrected chi connectivity index (χ3v) is 6.22. The minimum atomic E-state index is -0.0293. The summed E-state index contributed by atoms with van der Waals surface area (Å²) in [5.41, 5.74) is 2.73. The third-order valence-electron chi connectivity index (χ3n) is 5.35. The fraction of sp³-hybridized carbons (Fsp3) is 0.450. The number of hydrogen-bond donors (Lipinski definition) is 1. The van der Waals surface area contributed by atoms with Crippen LogP contribution in [-0.2, 0) is 4.79 Å². The quantitative estimate of drug-likeness (QED) is 0.881. The topological polar surface area (TPSA) is 65.5 Å². The van der Waals surface area contributed by atoms with Crippen molar-refractivity contribution in [1.82, 2.24) is 20.1 Å². The first-order valence-electron chi connectivity index (χ1n) is 9.44. The zero-order chi connectivity index (χ0) is 18.8. The summed E-state index contributed by atoms with van der Waals surface area (Å²) >= 11 is 1.51. The Balaban J connectivity index is 1.48. The predicted molar refractivity (Wildman–Crippen MR) is 106 cm³/mol. The number of nitrogens with one attached hydrogen (secondary N) is 1. The number of piperidine rings is 1. The lowest BCUT2D eigenvalue weighted by Crippen LogP contribution is -2.57. The minimum absolute atomic E-state index is 0.0293. The summed E-state index contributed by atoms with van der Waals surface area (Å²) < 4.78 is 0. The van der Waals surface area contributed by atoms with Crippen LogP contribution < -0.4 is 5.32 Å². The van der Waals surface area contributed by atoms with E-state index in [9.17, 15) is 9.59 Å². The number of hydrogen-bond acceptors (Lipinski definition) is 5. The lowest BCUT2D eigenvalue weighted by molar-refractivity contribution is -0.135. The van der Waals surface area contributed by atoms with Crippen LogP contribution in [0.4, 0.5) is 0 Å². The van der Waals surface area contributed by atoms with E-state index in [2.05, 4.69) is 23.3 Å². The molecule has 1 aromatic carbocycles. The van der Waals surface area contributed by atoms with Crippen molar-refractivity contribution in [3.63, 3.8) is 0 Å². The molecule has 2 aliphatic rings. The molecule has 1 atom stereocenters. The summed E-state index contributed by atoms with van der Waals surface area (Å²) in [6.45, 7) is 5.32. The number of carbonyl (C=O) groups excluding carboxylic acids is 2. The Morgan fingerprint density at radius 2 is 2.15 bits per heavy atom. The molecule has 6 nitrogen and oxygen atoms in total. The van der Waals surface area contributed by atoms with Gasteiger partial charge in [0.05, 0.1) is 6.54 Å². The number of nitrogens with zero attached hydrogens (tertiary/aromatic N) is 3. The van der Waals surface area contributed by atoms with Crippen LogP contribution in [0.25, 0.3) is 10.6 Å². The number of likely N-dealkylation sites (tertiary alicyclic amines) is 1. The minimum Gasteiger partial charge on any atom is -0.336 e. The predicted octanol–water partition coefficient (Wildman–Crippen LogP) is 2.15. The van der Waals surface area contributed by atoms with Gasteiger partial charge in [0.15, 0.2) is 0 Å². The van der Waals surface area contributed by atoms with Gasteiger partial charge in [-0.25, -0.2) is 4.98 Å². The average Bonchev–Trinajstić information content (AvgIpc) is 3.18. The van der Waals surface area contributed by atoms with Gasteiger partial charge in [0.2, 0.25) is 5.91 Å². The number of aryl methyl sites for hydroxylation is 1. The molecule has 0 radical (unpaired) electrons. The van der Waals surface area contributed by atoms with Crippen molar-refractivity contribution in [1.29, 1.82) is 0 Å². The standard InChI is InChI=1S/C20H24N4O2S/c1-14-5-2-3-7-16(14)19-22-17(13-27-19)20(26)23-9-4-6-15(12-23)24-10-8-21-11-18(24)25/h2-3,5,7,13,15,21H,4,6,8-12H2,1H3. The fourth-order valence-electron chi connectivity index (χ4n) is 3.87. The fourth-order valence-corrected chi connectivity index (χ4v) is 4.76. The van der Waals surface area contributed by atoms with E-state index < -0.39 is 0 Å². The average molecular weight is 385 g/mol.